The van der Waals surface area contributed by atoms with Crippen LogP contribution in [0.1, 0.15) is 11.1 Å². The Morgan fingerprint density at radius 1 is 1.19 bits per heavy atom. The van der Waals surface area contributed by atoms with Gasteiger partial charge in [-0.25, -0.2) is 4.98 Å². The van der Waals surface area contributed by atoms with Gasteiger partial charge in [0, 0.05) is 9.13 Å². The van der Waals surface area contributed by atoms with Gasteiger partial charge in [-0.3, -0.25) is 0 Å². The monoisotopic (exact) mass is 405 g/mol. The molecule has 0 aliphatic heterocycles. The number of hydrogen-bond donors (Lipinski definition) is 2. The second kappa shape index (κ2) is 5.36. The lowest BCUT2D eigenvalue weighted by atomic mass is 10.0. The zero-order valence-electron chi connectivity index (χ0n) is 10.2. The second-order valence-electron chi connectivity index (χ2n) is 3.99. The number of benzene rings is 1. The second-order valence-corrected chi connectivity index (χ2v) is 5.16. The molecule has 0 spiro atoms. The SMILES string of the molecule is N#Cc1c(N)nc(N)nc1-c1ccc(I)c(C(F)(F)F)c1. The van der Waals surface area contributed by atoms with Crippen LogP contribution >= 0.6 is 22.6 Å². The standard InChI is InChI=1S/C12H7F3IN5/c13-12(14,15)7-3-5(1-2-8(7)16)9-6(4-17)10(18)21-11(19)20-9/h1-3H,(H4,18,19,20,21). The zero-order valence-corrected chi connectivity index (χ0v) is 12.4. The molecule has 0 saturated heterocycles. The Hall–Kier alpha value is -2.09. The minimum atomic E-state index is -4.51. The molecule has 9 heteroatoms. The lowest BCUT2D eigenvalue weighted by Crippen LogP contribution is -2.09. The van der Waals surface area contributed by atoms with E-state index in [9.17, 15) is 13.2 Å². The number of nitrogens with two attached hydrogens (primary N) is 2. The highest BCUT2D eigenvalue weighted by molar-refractivity contribution is 14.1. The highest BCUT2D eigenvalue weighted by Crippen LogP contribution is 2.36. The van der Waals surface area contributed by atoms with E-state index in [2.05, 4.69) is 9.97 Å². The Labute approximate surface area is 130 Å². The summed E-state index contributed by atoms with van der Waals surface area (Å²) in [5, 5.41) is 9.06. The summed E-state index contributed by atoms with van der Waals surface area (Å²) in [5.41, 5.74) is 10.1. The van der Waals surface area contributed by atoms with E-state index in [1.807, 2.05) is 0 Å². The third-order valence-corrected chi connectivity index (χ3v) is 3.55. The van der Waals surface area contributed by atoms with Gasteiger partial charge in [0.15, 0.2) is 0 Å². The van der Waals surface area contributed by atoms with Gasteiger partial charge in [0.05, 0.1) is 11.3 Å². The summed E-state index contributed by atoms with van der Waals surface area (Å²) in [6.07, 6.45) is -4.51. The minimum Gasteiger partial charge on any atom is -0.382 e. The largest absolute Gasteiger partial charge is 0.417 e. The number of nitriles is 1. The van der Waals surface area contributed by atoms with Crippen LogP contribution in [0, 0.1) is 14.9 Å². The molecule has 2 aromatic rings. The average Bonchev–Trinajstić information content (AvgIpc) is 2.37. The van der Waals surface area contributed by atoms with Crippen LogP contribution in [0.25, 0.3) is 11.3 Å². The van der Waals surface area contributed by atoms with E-state index >= 15 is 0 Å². The number of aromatic nitrogens is 2. The van der Waals surface area contributed by atoms with E-state index in [4.69, 9.17) is 16.7 Å². The molecule has 1 heterocycles. The molecule has 21 heavy (non-hydrogen) atoms. The number of hydrogen-bond acceptors (Lipinski definition) is 5. The van der Waals surface area contributed by atoms with Crippen molar-refractivity contribution in [1.29, 1.82) is 5.26 Å². The molecule has 0 aliphatic carbocycles. The lowest BCUT2D eigenvalue weighted by molar-refractivity contribution is -0.138. The molecule has 0 aliphatic rings. The van der Waals surface area contributed by atoms with Gasteiger partial charge in [-0.05, 0) is 34.7 Å². The predicted octanol–water partition coefficient (Wildman–Crippen LogP) is 2.80. The fourth-order valence-corrected chi connectivity index (χ4v) is 2.35. The number of rotatable bonds is 1. The Balaban J connectivity index is 2.72. The first-order valence-corrected chi connectivity index (χ1v) is 6.52. The van der Waals surface area contributed by atoms with E-state index in [0.717, 1.165) is 6.07 Å². The van der Waals surface area contributed by atoms with Gasteiger partial charge >= 0.3 is 6.18 Å². The summed E-state index contributed by atoms with van der Waals surface area (Å²) in [6.45, 7) is 0. The van der Waals surface area contributed by atoms with E-state index in [1.165, 1.54) is 12.1 Å². The molecule has 0 atom stereocenters. The molecule has 5 nitrogen and oxygen atoms in total. The van der Waals surface area contributed by atoms with Crippen molar-refractivity contribution in [3.05, 3.63) is 32.9 Å². The lowest BCUT2D eigenvalue weighted by Gasteiger charge is -2.12. The van der Waals surface area contributed by atoms with Crippen molar-refractivity contribution in [2.45, 2.75) is 6.18 Å². The molecule has 0 unspecified atom stereocenters. The van der Waals surface area contributed by atoms with Crippen LogP contribution in [0.5, 0.6) is 0 Å². The highest BCUT2D eigenvalue weighted by atomic mass is 127. The number of nitrogens with zero attached hydrogens (tertiary/aromatic N) is 3. The topological polar surface area (TPSA) is 102 Å². The van der Waals surface area contributed by atoms with Gasteiger partial charge in [-0.1, -0.05) is 6.07 Å². The van der Waals surface area contributed by atoms with Crippen molar-refractivity contribution in [3.63, 3.8) is 0 Å². The number of anilines is 2. The van der Waals surface area contributed by atoms with Crippen LogP contribution in [-0.2, 0) is 6.18 Å². The van der Waals surface area contributed by atoms with Gasteiger partial charge in [0.2, 0.25) is 5.95 Å². The number of halogens is 4. The molecule has 4 N–H and O–H groups in total. The summed E-state index contributed by atoms with van der Waals surface area (Å²) in [6, 6.07) is 5.38. The Bertz CT molecular complexity index is 752. The molecule has 0 radical (unpaired) electrons. The molecule has 1 aromatic carbocycles. The Morgan fingerprint density at radius 3 is 2.43 bits per heavy atom. The normalized spacial score (nSPS) is 11.2. The molecular weight excluding hydrogens is 398 g/mol. The first-order chi connectivity index (χ1) is 9.74. The van der Waals surface area contributed by atoms with Crippen LogP contribution in [0.3, 0.4) is 0 Å². The predicted molar refractivity (Wildman–Crippen MR) is 78.7 cm³/mol. The minimum absolute atomic E-state index is 0.0237. The smallest absolute Gasteiger partial charge is 0.382 e. The molecule has 2 rings (SSSR count). The van der Waals surface area contributed by atoms with Gasteiger partial charge in [0.25, 0.3) is 0 Å². The third-order valence-electron chi connectivity index (χ3n) is 2.61. The maximum absolute atomic E-state index is 12.9. The molecule has 0 fully saturated rings. The average molecular weight is 405 g/mol. The number of alkyl halides is 3. The summed E-state index contributed by atoms with van der Waals surface area (Å²) in [5.74, 6) is -0.388. The van der Waals surface area contributed by atoms with Crippen LogP contribution in [-0.4, -0.2) is 9.97 Å². The first-order valence-electron chi connectivity index (χ1n) is 5.44. The summed E-state index contributed by atoms with van der Waals surface area (Å²) < 4.78 is 38.8. The van der Waals surface area contributed by atoms with Gasteiger partial charge in [-0.15, -0.1) is 0 Å². The zero-order chi connectivity index (χ0) is 15.8. The molecule has 108 valence electrons. The van der Waals surface area contributed by atoms with Crippen LogP contribution in [0.15, 0.2) is 18.2 Å². The highest BCUT2D eigenvalue weighted by Gasteiger charge is 2.33. The van der Waals surface area contributed by atoms with Crippen LogP contribution < -0.4 is 11.5 Å². The van der Waals surface area contributed by atoms with Gasteiger partial charge in [-0.2, -0.15) is 23.4 Å². The van der Waals surface area contributed by atoms with E-state index in [0.29, 0.717) is 0 Å². The third kappa shape index (κ3) is 2.99. The van der Waals surface area contributed by atoms with Crippen molar-refractivity contribution in [3.8, 4) is 17.3 Å². The summed E-state index contributed by atoms with van der Waals surface area (Å²) in [7, 11) is 0. The Kier molecular flexibility index (Phi) is 3.91. The van der Waals surface area contributed by atoms with E-state index in [1.54, 1.807) is 28.7 Å². The first kappa shape index (κ1) is 15.3. The van der Waals surface area contributed by atoms with Crippen LogP contribution in [0.2, 0.25) is 0 Å². The van der Waals surface area contributed by atoms with Crippen molar-refractivity contribution in [2.75, 3.05) is 11.5 Å². The summed E-state index contributed by atoms with van der Waals surface area (Å²) >= 11 is 1.59. The summed E-state index contributed by atoms with van der Waals surface area (Å²) in [4.78, 5) is 7.44. The fourth-order valence-electron chi connectivity index (χ4n) is 1.70. The maximum Gasteiger partial charge on any atom is 0.417 e. The maximum atomic E-state index is 12.9. The van der Waals surface area contributed by atoms with Crippen molar-refractivity contribution < 1.29 is 13.2 Å². The molecular formula is C12H7F3IN5. The van der Waals surface area contributed by atoms with Crippen molar-refractivity contribution >= 4 is 34.4 Å². The molecule has 0 amide bonds. The Morgan fingerprint density at radius 2 is 1.86 bits per heavy atom. The van der Waals surface area contributed by atoms with Crippen LogP contribution in [0.4, 0.5) is 24.9 Å². The van der Waals surface area contributed by atoms with Crippen molar-refractivity contribution in [2.24, 2.45) is 0 Å². The van der Waals surface area contributed by atoms with Crippen molar-refractivity contribution in [1.82, 2.24) is 9.97 Å². The van der Waals surface area contributed by atoms with E-state index in [-0.39, 0.29) is 32.2 Å². The molecule has 1 aromatic heterocycles. The van der Waals surface area contributed by atoms with Gasteiger partial charge < -0.3 is 11.5 Å². The number of nitrogen functional groups attached to an aromatic ring is 2. The van der Waals surface area contributed by atoms with E-state index < -0.39 is 11.7 Å². The molecule has 0 saturated carbocycles. The van der Waals surface area contributed by atoms with Gasteiger partial charge in [0.1, 0.15) is 17.5 Å². The quantitative estimate of drug-likeness (QED) is 0.711. The molecule has 0 bridgehead atoms. The fraction of sp³-hybridized carbons (Fsp3) is 0.0833.